The molecule has 0 aromatic rings. The molecule has 1 amide bonds. The number of hydrogen-bond donors (Lipinski definition) is 1. The van der Waals surface area contributed by atoms with Gasteiger partial charge in [0.25, 0.3) is 0 Å². The first-order chi connectivity index (χ1) is 10.9. The van der Waals surface area contributed by atoms with Crippen molar-refractivity contribution in [2.24, 2.45) is 11.3 Å². The molecule has 3 atom stereocenters. The molecular formula is C19H36N2O2. The standard InChI is InChI=1S/C19H36N2O2/c1-15(13-17(22)21-10-7-5-6-8-11-21)20-14-16-9-12-23-18(16)19(2,3)4/h15-16,18,20H,5-14H2,1-4H3/t15-,16-,18+/m1/s1. The number of ether oxygens (including phenoxy) is 1. The summed E-state index contributed by atoms with van der Waals surface area (Å²) in [6.07, 6.45) is 6.94. The average Bonchev–Trinajstić information content (AvgIpc) is 2.79. The highest BCUT2D eigenvalue weighted by atomic mass is 16.5. The van der Waals surface area contributed by atoms with Crippen molar-refractivity contribution in [3.8, 4) is 0 Å². The van der Waals surface area contributed by atoms with Crippen molar-refractivity contribution in [1.82, 2.24) is 10.2 Å². The van der Waals surface area contributed by atoms with E-state index >= 15 is 0 Å². The molecule has 2 aliphatic rings. The molecule has 0 saturated carbocycles. The lowest BCUT2D eigenvalue weighted by atomic mass is 9.81. The normalized spacial score (nSPS) is 27.7. The number of nitrogens with one attached hydrogen (secondary N) is 1. The molecule has 4 nitrogen and oxygen atoms in total. The highest BCUT2D eigenvalue weighted by Gasteiger charge is 2.37. The SMILES string of the molecule is C[C@H](CC(=O)N1CCCCCC1)NC[C@H]1CCO[C@@H]1C(C)(C)C. The van der Waals surface area contributed by atoms with Gasteiger partial charge in [0.2, 0.25) is 5.91 Å². The third kappa shape index (κ3) is 5.75. The number of nitrogens with zero attached hydrogens (tertiary/aromatic N) is 1. The van der Waals surface area contributed by atoms with Gasteiger partial charge in [0.1, 0.15) is 0 Å². The number of hydrogen-bond acceptors (Lipinski definition) is 3. The summed E-state index contributed by atoms with van der Waals surface area (Å²) in [4.78, 5) is 14.5. The highest BCUT2D eigenvalue weighted by molar-refractivity contribution is 5.76. The fraction of sp³-hybridized carbons (Fsp3) is 0.947. The Kier molecular flexibility index (Phi) is 6.90. The predicted molar refractivity (Wildman–Crippen MR) is 94.4 cm³/mol. The molecule has 2 fully saturated rings. The number of rotatable bonds is 5. The summed E-state index contributed by atoms with van der Waals surface area (Å²) in [6, 6.07) is 0.243. The molecule has 2 aliphatic heterocycles. The van der Waals surface area contributed by atoms with Crippen LogP contribution in [0.25, 0.3) is 0 Å². The molecule has 0 unspecified atom stereocenters. The smallest absolute Gasteiger partial charge is 0.224 e. The summed E-state index contributed by atoms with van der Waals surface area (Å²) in [5.41, 5.74) is 0.188. The maximum absolute atomic E-state index is 12.4. The van der Waals surface area contributed by atoms with E-state index in [2.05, 4.69) is 37.9 Å². The summed E-state index contributed by atoms with van der Waals surface area (Å²) in [7, 11) is 0. The molecule has 0 aliphatic carbocycles. The van der Waals surface area contributed by atoms with Crippen molar-refractivity contribution in [3.05, 3.63) is 0 Å². The number of likely N-dealkylation sites (tertiary alicyclic amines) is 1. The van der Waals surface area contributed by atoms with Crippen LogP contribution in [0.5, 0.6) is 0 Å². The summed E-state index contributed by atoms with van der Waals surface area (Å²) >= 11 is 0. The van der Waals surface area contributed by atoms with Crippen molar-refractivity contribution in [3.63, 3.8) is 0 Å². The van der Waals surface area contributed by atoms with Crippen LogP contribution < -0.4 is 5.32 Å². The van der Waals surface area contributed by atoms with Gasteiger partial charge in [-0.1, -0.05) is 33.6 Å². The molecule has 2 heterocycles. The van der Waals surface area contributed by atoms with Crippen molar-refractivity contribution < 1.29 is 9.53 Å². The van der Waals surface area contributed by atoms with E-state index in [1.807, 2.05) is 0 Å². The monoisotopic (exact) mass is 324 g/mol. The third-order valence-corrected chi connectivity index (χ3v) is 5.24. The van der Waals surface area contributed by atoms with Gasteiger partial charge in [0, 0.05) is 44.6 Å². The lowest BCUT2D eigenvalue weighted by molar-refractivity contribution is -0.131. The van der Waals surface area contributed by atoms with Crippen LogP contribution in [0.1, 0.15) is 66.2 Å². The molecule has 0 radical (unpaired) electrons. The van der Waals surface area contributed by atoms with E-state index in [4.69, 9.17) is 4.74 Å². The quantitative estimate of drug-likeness (QED) is 0.844. The fourth-order valence-electron chi connectivity index (χ4n) is 3.94. The van der Waals surface area contributed by atoms with Gasteiger partial charge >= 0.3 is 0 Å². The van der Waals surface area contributed by atoms with Crippen LogP contribution >= 0.6 is 0 Å². The Morgan fingerprint density at radius 1 is 1.22 bits per heavy atom. The number of carbonyl (C=O) groups is 1. The van der Waals surface area contributed by atoms with Gasteiger partial charge in [-0.2, -0.15) is 0 Å². The van der Waals surface area contributed by atoms with E-state index in [0.29, 0.717) is 24.3 Å². The number of amides is 1. The first-order valence-corrected chi connectivity index (χ1v) is 9.50. The van der Waals surface area contributed by atoms with E-state index in [1.54, 1.807) is 0 Å². The summed E-state index contributed by atoms with van der Waals surface area (Å²) in [5.74, 6) is 0.882. The largest absolute Gasteiger partial charge is 0.377 e. The molecule has 0 bridgehead atoms. The van der Waals surface area contributed by atoms with E-state index < -0.39 is 0 Å². The highest BCUT2D eigenvalue weighted by Crippen LogP contribution is 2.34. The second kappa shape index (κ2) is 8.48. The van der Waals surface area contributed by atoms with Crippen molar-refractivity contribution >= 4 is 5.91 Å². The second-order valence-electron chi connectivity index (χ2n) is 8.51. The maximum atomic E-state index is 12.4. The zero-order chi connectivity index (χ0) is 16.9. The van der Waals surface area contributed by atoms with Crippen LogP contribution in [-0.2, 0) is 9.53 Å². The maximum Gasteiger partial charge on any atom is 0.224 e. The Morgan fingerprint density at radius 2 is 1.87 bits per heavy atom. The van der Waals surface area contributed by atoms with Crippen LogP contribution in [0, 0.1) is 11.3 Å². The Bertz CT molecular complexity index is 370. The third-order valence-electron chi connectivity index (χ3n) is 5.24. The molecular weight excluding hydrogens is 288 g/mol. The van der Waals surface area contributed by atoms with Gasteiger partial charge in [-0.3, -0.25) is 4.79 Å². The van der Waals surface area contributed by atoms with Gasteiger partial charge in [-0.15, -0.1) is 0 Å². The zero-order valence-electron chi connectivity index (χ0n) is 15.6. The summed E-state index contributed by atoms with van der Waals surface area (Å²) in [6.45, 7) is 12.6. The Morgan fingerprint density at radius 3 is 2.48 bits per heavy atom. The first kappa shape index (κ1) is 18.7. The molecule has 2 rings (SSSR count). The first-order valence-electron chi connectivity index (χ1n) is 9.50. The molecule has 134 valence electrons. The Hall–Kier alpha value is -0.610. The van der Waals surface area contributed by atoms with Crippen LogP contribution in [0.2, 0.25) is 0 Å². The Balaban J connectivity index is 1.74. The fourth-order valence-corrected chi connectivity index (χ4v) is 3.94. The van der Waals surface area contributed by atoms with Gasteiger partial charge in [-0.05, 0) is 31.6 Å². The van der Waals surface area contributed by atoms with E-state index in [0.717, 1.165) is 32.7 Å². The summed E-state index contributed by atoms with van der Waals surface area (Å²) in [5, 5.41) is 3.58. The molecule has 0 aromatic heterocycles. The topological polar surface area (TPSA) is 41.6 Å². The van der Waals surface area contributed by atoms with Crippen LogP contribution in [0.15, 0.2) is 0 Å². The minimum atomic E-state index is 0.188. The van der Waals surface area contributed by atoms with Crippen molar-refractivity contribution in [2.45, 2.75) is 78.4 Å². The van der Waals surface area contributed by atoms with E-state index in [1.165, 1.54) is 25.7 Å². The Labute approximate surface area is 142 Å². The lowest BCUT2D eigenvalue weighted by Gasteiger charge is -2.32. The molecule has 0 spiro atoms. The average molecular weight is 325 g/mol. The van der Waals surface area contributed by atoms with Crippen LogP contribution in [0.4, 0.5) is 0 Å². The minimum Gasteiger partial charge on any atom is -0.377 e. The van der Waals surface area contributed by atoms with Gasteiger partial charge in [0.05, 0.1) is 6.10 Å². The van der Waals surface area contributed by atoms with Gasteiger partial charge < -0.3 is 15.0 Å². The van der Waals surface area contributed by atoms with Crippen LogP contribution in [-0.4, -0.2) is 49.2 Å². The zero-order valence-corrected chi connectivity index (χ0v) is 15.6. The molecule has 1 N–H and O–H groups in total. The number of carbonyl (C=O) groups excluding carboxylic acids is 1. The molecule has 0 aromatic carbocycles. The van der Waals surface area contributed by atoms with Gasteiger partial charge in [-0.25, -0.2) is 0 Å². The lowest BCUT2D eigenvalue weighted by Crippen LogP contribution is -2.42. The van der Waals surface area contributed by atoms with Gasteiger partial charge in [0.15, 0.2) is 0 Å². The molecule has 4 heteroatoms. The van der Waals surface area contributed by atoms with Crippen LogP contribution in [0.3, 0.4) is 0 Å². The van der Waals surface area contributed by atoms with E-state index in [-0.39, 0.29) is 11.5 Å². The minimum absolute atomic E-state index is 0.188. The molecule has 23 heavy (non-hydrogen) atoms. The second-order valence-corrected chi connectivity index (χ2v) is 8.51. The predicted octanol–water partition coefficient (Wildman–Crippen LogP) is 3.21. The van der Waals surface area contributed by atoms with E-state index in [9.17, 15) is 4.79 Å². The summed E-state index contributed by atoms with van der Waals surface area (Å²) < 4.78 is 5.94. The molecule has 2 saturated heterocycles. The van der Waals surface area contributed by atoms with Crippen molar-refractivity contribution in [1.29, 1.82) is 0 Å². The van der Waals surface area contributed by atoms with Crippen molar-refractivity contribution in [2.75, 3.05) is 26.2 Å².